The molecule has 3 nitrogen and oxygen atoms in total. The SMILES string of the molecule is CN1CC([B]P)OC(CO)C1. The van der Waals surface area contributed by atoms with Crippen molar-refractivity contribution in [3.05, 3.63) is 0 Å². The molecule has 3 atom stereocenters. The average molecular weight is 174 g/mol. The van der Waals surface area contributed by atoms with Gasteiger partial charge >= 0.3 is 0 Å². The molecule has 5 heteroatoms. The van der Waals surface area contributed by atoms with Crippen molar-refractivity contribution in [3.63, 3.8) is 0 Å². The lowest BCUT2D eigenvalue weighted by molar-refractivity contribution is -0.0646. The summed E-state index contributed by atoms with van der Waals surface area (Å²) in [6.45, 7) is 3.79. The quantitative estimate of drug-likeness (QED) is 0.436. The van der Waals surface area contributed by atoms with E-state index in [2.05, 4.69) is 14.0 Å². The van der Waals surface area contributed by atoms with Crippen LogP contribution in [0.15, 0.2) is 0 Å². The number of ether oxygens (including phenoxy) is 1. The number of rotatable bonds is 2. The summed E-state index contributed by atoms with van der Waals surface area (Å²) in [5, 5.41) is 8.85. The van der Waals surface area contributed by atoms with E-state index >= 15 is 0 Å². The van der Waals surface area contributed by atoms with Crippen LogP contribution in [-0.2, 0) is 4.74 Å². The van der Waals surface area contributed by atoms with Crippen LogP contribution in [0, 0.1) is 0 Å². The van der Waals surface area contributed by atoms with Crippen LogP contribution in [0.25, 0.3) is 0 Å². The van der Waals surface area contributed by atoms with Gasteiger partial charge < -0.3 is 14.7 Å². The van der Waals surface area contributed by atoms with Crippen molar-refractivity contribution in [2.24, 2.45) is 0 Å². The number of hydrogen-bond acceptors (Lipinski definition) is 3. The van der Waals surface area contributed by atoms with Gasteiger partial charge in [-0.05, 0) is 7.05 Å². The second-order valence-electron chi connectivity index (χ2n) is 2.89. The van der Waals surface area contributed by atoms with Gasteiger partial charge in [0.15, 0.2) is 7.00 Å². The number of morpholine rings is 1. The predicted molar refractivity (Wildman–Crippen MR) is 48.7 cm³/mol. The van der Waals surface area contributed by atoms with Gasteiger partial charge in [-0.25, -0.2) is 0 Å². The zero-order valence-electron chi connectivity index (χ0n) is 6.73. The van der Waals surface area contributed by atoms with Crippen molar-refractivity contribution in [1.82, 2.24) is 4.90 Å². The Morgan fingerprint density at radius 1 is 1.73 bits per heavy atom. The molecule has 1 aliphatic heterocycles. The molecule has 0 spiro atoms. The van der Waals surface area contributed by atoms with Crippen molar-refractivity contribution >= 4 is 16.1 Å². The number of nitrogens with zero attached hydrogens (tertiary/aromatic N) is 1. The van der Waals surface area contributed by atoms with E-state index in [0.717, 1.165) is 13.1 Å². The lowest BCUT2D eigenvalue weighted by Gasteiger charge is -2.34. The van der Waals surface area contributed by atoms with Gasteiger partial charge in [0.1, 0.15) is 0 Å². The molecule has 1 saturated heterocycles. The van der Waals surface area contributed by atoms with E-state index in [9.17, 15) is 0 Å². The van der Waals surface area contributed by atoms with Crippen molar-refractivity contribution in [3.8, 4) is 0 Å². The molecule has 0 aromatic carbocycles. The molecule has 63 valence electrons. The van der Waals surface area contributed by atoms with E-state index in [1.807, 2.05) is 14.0 Å². The van der Waals surface area contributed by atoms with Crippen LogP contribution in [0.4, 0.5) is 0 Å². The molecule has 0 aromatic heterocycles. The molecule has 0 aromatic rings. The topological polar surface area (TPSA) is 32.7 Å². The first-order chi connectivity index (χ1) is 5.26. The summed E-state index contributed by atoms with van der Waals surface area (Å²) in [7, 11) is 4.58. The summed E-state index contributed by atoms with van der Waals surface area (Å²) in [5.74, 6) is 0. The van der Waals surface area contributed by atoms with Gasteiger partial charge in [-0.15, -0.1) is 0 Å². The average Bonchev–Trinajstić information content (AvgIpc) is 2.03. The van der Waals surface area contributed by atoms with Crippen molar-refractivity contribution in [1.29, 1.82) is 0 Å². The van der Waals surface area contributed by atoms with Crippen molar-refractivity contribution < 1.29 is 9.84 Å². The van der Waals surface area contributed by atoms with Crippen LogP contribution in [-0.4, -0.2) is 55.9 Å². The van der Waals surface area contributed by atoms with E-state index in [0.29, 0.717) is 0 Å². The van der Waals surface area contributed by atoms with Gasteiger partial charge in [0.2, 0.25) is 0 Å². The van der Waals surface area contributed by atoms with E-state index < -0.39 is 0 Å². The molecule has 0 amide bonds. The minimum absolute atomic E-state index is 0.0180. The Bertz CT molecular complexity index is 115. The highest BCUT2D eigenvalue weighted by molar-refractivity contribution is 7.56. The molecule has 1 N–H and O–H groups in total. The molecule has 1 fully saturated rings. The first kappa shape index (κ1) is 9.46. The third kappa shape index (κ3) is 2.71. The van der Waals surface area contributed by atoms with Gasteiger partial charge in [0.05, 0.1) is 12.7 Å². The van der Waals surface area contributed by atoms with Crippen molar-refractivity contribution in [2.75, 3.05) is 26.7 Å². The maximum absolute atomic E-state index is 8.85. The Balaban J connectivity index is 2.37. The van der Waals surface area contributed by atoms with Crippen LogP contribution < -0.4 is 0 Å². The van der Waals surface area contributed by atoms with E-state index in [1.54, 1.807) is 0 Å². The Kier molecular flexibility index (Phi) is 3.80. The minimum Gasteiger partial charge on any atom is -0.394 e. The van der Waals surface area contributed by atoms with Crippen LogP contribution >= 0.6 is 9.12 Å². The van der Waals surface area contributed by atoms with Crippen LogP contribution in [0.3, 0.4) is 0 Å². The molecule has 1 aliphatic rings. The number of aliphatic hydroxyl groups is 1. The van der Waals surface area contributed by atoms with Gasteiger partial charge in [0, 0.05) is 19.1 Å². The highest BCUT2D eigenvalue weighted by Crippen LogP contribution is 2.09. The third-order valence-electron chi connectivity index (χ3n) is 1.79. The van der Waals surface area contributed by atoms with E-state index in [4.69, 9.17) is 9.84 Å². The van der Waals surface area contributed by atoms with E-state index in [1.165, 1.54) is 0 Å². The Hall–Kier alpha value is 0.375. The second kappa shape index (κ2) is 4.41. The largest absolute Gasteiger partial charge is 0.394 e. The van der Waals surface area contributed by atoms with Gasteiger partial charge in [-0.2, -0.15) is 9.12 Å². The monoisotopic (exact) mass is 174 g/mol. The predicted octanol–water partition coefficient (Wildman–Crippen LogP) is -0.870. The van der Waals surface area contributed by atoms with Gasteiger partial charge in [-0.3, -0.25) is 0 Å². The third-order valence-corrected chi connectivity index (χ3v) is 2.22. The molecule has 1 radical (unpaired) electrons. The normalized spacial score (nSPS) is 33.7. The molecular weight excluding hydrogens is 160 g/mol. The molecule has 1 heterocycles. The molecule has 3 unspecified atom stereocenters. The Labute approximate surface area is 70.5 Å². The first-order valence-corrected chi connectivity index (χ1v) is 4.43. The van der Waals surface area contributed by atoms with Crippen LogP contribution in [0.1, 0.15) is 0 Å². The fraction of sp³-hybridized carbons (Fsp3) is 1.00. The van der Waals surface area contributed by atoms with Gasteiger partial charge in [0.25, 0.3) is 0 Å². The lowest BCUT2D eigenvalue weighted by atomic mass is 9.95. The smallest absolute Gasteiger partial charge is 0.178 e. The van der Waals surface area contributed by atoms with Crippen LogP contribution in [0.5, 0.6) is 0 Å². The minimum atomic E-state index is -0.0180. The highest BCUT2D eigenvalue weighted by atomic mass is 31.0. The van der Waals surface area contributed by atoms with Gasteiger partial charge in [-0.1, -0.05) is 0 Å². The number of aliphatic hydroxyl groups excluding tert-OH is 1. The number of hydrogen-bond donors (Lipinski definition) is 1. The molecule has 0 aliphatic carbocycles. The number of likely N-dealkylation sites (N-methyl/N-ethyl adjacent to an activating group) is 1. The summed E-state index contributed by atoms with van der Waals surface area (Å²) in [5.41, 5.74) is 0. The summed E-state index contributed by atoms with van der Waals surface area (Å²) >= 11 is 0. The summed E-state index contributed by atoms with van der Waals surface area (Å²) in [6, 6.07) is 0.149. The lowest BCUT2D eigenvalue weighted by Crippen LogP contribution is -2.48. The highest BCUT2D eigenvalue weighted by Gasteiger charge is 2.23. The Morgan fingerprint density at radius 2 is 2.45 bits per heavy atom. The second-order valence-corrected chi connectivity index (χ2v) is 3.28. The fourth-order valence-electron chi connectivity index (χ4n) is 1.27. The molecule has 0 saturated carbocycles. The van der Waals surface area contributed by atoms with E-state index in [-0.39, 0.29) is 18.7 Å². The maximum atomic E-state index is 8.85. The molecule has 11 heavy (non-hydrogen) atoms. The fourth-order valence-corrected chi connectivity index (χ4v) is 1.48. The standard InChI is InChI=1S/C6H14BNO2P/c1-8-2-5(4-9)10-6(3-8)7-11/h5-6,9H,2-4,11H2,1H3. The summed E-state index contributed by atoms with van der Waals surface area (Å²) in [4.78, 5) is 2.16. The zero-order chi connectivity index (χ0) is 8.27. The molecule has 1 rings (SSSR count). The maximum Gasteiger partial charge on any atom is 0.178 e. The van der Waals surface area contributed by atoms with Crippen LogP contribution in [0.2, 0.25) is 0 Å². The molecule has 0 bridgehead atoms. The van der Waals surface area contributed by atoms with Crippen molar-refractivity contribution in [2.45, 2.75) is 12.1 Å². The Morgan fingerprint density at radius 3 is 3.00 bits per heavy atom. The summed E-state index contributed by atoms with van der Waals surface area (Å²) in [6.07, 6.45) is -0.0180. The first-order valence-electron chi connectivity index (χ1n) is 3.76. The zero-order valence-corrected chi connectivity index (χ0v) is 7.89. The summed E-state index contributed by atoms with van der Waals surface area (Å²) < 4.78 is 5.49. The molecular formula is C6H14BNO2P.